The van der Waals surface area contributed by atoms with Gasteiger partial charge in [0, 0.05) is 26.7 Å². The number of hydrogen-bond acceptors (Lipinski definition) is 12. The Labute approximate surface area is 336 Å². The SMILES string of the molecule is CCCCCCCCCCCCCC(=O)OC[C@H](COP(=O)([O-])OCC(COC(C)=O)OC(C)=O)OC(=O)CCCCCCCCCCCCC.[Na+]. The van der Waals surface area contributed by atoms with Gasteiger partial charge in [-0.1, -0.05) is 142 Å². The third kappa shape index (κ3) is 37.3. The van der Waals surface area contributed by atoms with Crippen molar-refractivity contribution in [3.63, 3.8) is 0 Å². The first-order valence-corrected chi connectivity index (χ1v) is 21.2. The van der Waals surface area contributed by atoms with Crippen molar-refractivity contribution in [2.75, 3.05) is 26.4 Å². The molecule has 0 aromatic carbocycles. The molecule has 0 aliphatic carbocycles. The first-order chi connectivity index (χ1) is 24.5. The first-order valence-electron chi connectivity index (χ1n) is 19.7. The fraction of sp³-hybridized carbons (Fsp3) is 0.895. The van der Waals surface area contributed by atoms with Crippen LogP contribution in [0.3, 0.4) is 0 Å². The zero-order valence-corrected chi connectivity index (χ0v) is 36.2. The number of hydrogen-bond donors (Lipinski definition) is 0. The molecule has 0 rings (SSSR count). The van der Waals surface area contributed by atoms with Crippen LogP contribution >= 0.6 is 7.82 Å². The second-order valence-electron chi connectivity index (χ2n) is 13.4. The maximum Gasteiger partial charge on any atom is 1.00 e. The van der Waals surface area contributed by atoms with Crippen LogP contribution < -0.4 is 34.5 Å². The predicted octanol–water partition coefficient (Wildman–Crippen LogP) is 5.84. The average molecular weight is 773 g/mol. The van der Waals surface area contributed by atoms with Crippen molar-refractivity contribution < 1.29 is 86.2 Å². The van der Waals surface area contributed by atoms with Gasteiger partial charge in [0.1, 0.15) is 13.2 Å². The number of esters is 4. The van der Waals surface area contributed by atoms with Gasteiger partial charge in [0.05, 0.1) is 13.2 Å². The van der Waals surface area contributed by atoms with Gasteiger partial charge in [-0.05, 0) is 12.8 Å². The summed E-state index contributed by atoms with van der Waals surface area (Å²) in [7, 11) is -4.98. The second-order valence-corrected chi connectivity index (χ2v) is 14.8. The van der Waals surface area contributed by atoms with Crippen LogP contribution in [-0.4, -0.2) is 62.5 Å². The Kier molecular flexibility index (Phi) is 37.7. The van der Waals surface area contributed by atoms with Gasteiger partial charge >= 0.3 is 53.4 Å². The van der Waals surface area contributed by atoms with E-state index in [9.17, 15) is 28.6 Å². The number of carbonyl (C=O) groups excluding carboxylic acids is 4. The van der Waals surface area contributed by atoms with E-state index < -0.39 is 63.7 Å². The zero-order chi connectivity index (χ0) is 38.0. The topological polar surface area (TPSA) is 164 Å². The van der Waals surface area contributed by atoms with Gasteiger partial charge in [-0.25, -0.2) is 0 Å². The standard InChI is InChI=1S/C38H71O12P.Na/c1-5-7-9-11-13-15-17-19-21-23-25-27-37(41)46-30-36(50-38(42)28-26-24-22-20-18-16-14-12-10-8-6-2)32-48-51(43,44)47-31-35(49-34(4)40)29-45-33(3)39;/h35-36H,5-32H2,1-4H3,(H,43,44);/q;+1/p-1/t35?,36-;/m1./s1. The summed E-state index contributed by atoms with van der Waals surface area (Å²) in [6, 6.07) is 0. The summed E-state index contributed by atoms with van der Waals surface area (Å²) in [6.07, 6.45) is 23.1. The summed E-state index contributed by atoms with van der Waals surface area (Å²) in [4.78, 5) is 60.0. The van der Waals surface area contributed by atoms with Gasteiger partial charge in [-0.3, -0.25) is 23.7 Å². The molecule has 0 heterocycles. The fourth-order valence-electron chi connectivity index (χ4n) is 5.43. The molecule has 0 fully saturated rings. The maximum absolute atomic E-state index is 12.6. The second kappa shape index (κ2) is 36.9. The minimum atomic E-state index is -4.98. The van der Waals surface area contributed by atoms with Crippen LogP contribution in [0.2, 0.25) is 0 Å². The molecule has 0 radical (unpaired) electrons. The summed E-state index contributed by atoms with van der Waals surface area (Å²) in [5, 5.41) is 0. The molecule has 0 aromatic rings. The number of carbonyl (C=O) groups is 4. The van der Waals surface area contributed by atoms with E-state index in [0.717, 1.165) is 52.4 Å². The van der Waals surface area contributed by atoms with Gasteiger partial charge in [-0.2, -0.15) is 0 Å². The molecule has 0 saturated carbocycles. The normalized spacial score (nSPS) is 13.3. The van der Waals surface area contributed by atoms with Gasteiger partial charge in [0.2, 0.25) is 0 Å². The monoisotopic (exact) mass is 772 g/mol. The van der Waals surface area contributed by atoms with Crippen LogP contribution in [0.5, 0.6) is 0 Å². The molecule has 0 saturated heterocycles. The molecule has 12 nitrogen and oxygen atoms in total. The van der Waals surface area contributed by atoms with Crippen molar-refractivity contribution in [2.45, 2.75) is 194 Å². The van der Waals surface area contributed by atoms with E-state index >= 15 is 0 Å². The maximum atomic E-state index is 12.6. The Bertz CT molecular complexity index is 951. The molecule has 300 valence electrons. The zero-order valence-electron chi connectivity index (χ0n) is 33.3. The fourth-order valence-corrected chi connectivity index (χ4v) is 6.21. The third-order valence-electron chi connectivity index (χ3n) is 8.34. The van der Waals surface area contributed by atoms with E-state index in [1.165, 1.54) is 89.9 Å². The van der Waals surface area contributed by atoms with E-state index in [0.29, 0.717) is 12.8 Å². The van der Waals surface area contributed by atoms with Crippen molar-refractivity contribution in [1.29, 1.82) is 0 Å². The summed E-state index contributed by atoms with van der Waals surface area (Å²) >= 11 is 0. The molecule has 0 spiro atoms. The Balaban J connectivity index is 0. The molecule has 0 bridgehead atoms. The molecule has 0 amide bonds. The Morgan fingerprint density at radius 3 is 1.21 bits per heavy atom. The Morgan fingerprint density at radius 1 is 0.481 bits per heavy atom. The number of phosphoric ester groups is 1. The first kappa shape index (κ1) is 53.1. The minimum absolute atomic E-state index is 0. The van der Waals surface area contributed by atoms with Gasteiger partial charge in [0.15, 0.2) is 12.2 Å². The molecule has 2 unspecified atom stereocenters. The molecule has 0 N–H and O–H groups in total. The summed E-state index contributed by atoms with van der Waals surface area (Å²) in [5.74, 6) is -2.38. The van der Waals surface area contributed by atoms with Crippen molar-refractivity contribution in [1.82, 2.24) is 0 Å². The molecular weight excluding hydrogens is 702 g/mol. The van der Waals surface area contributed by atoms with Crippen molar-refractivity contribution in [2.24, 2.45) is 0 Å². The van der Waals surface area contributed by atoms with E-state index in [4.69, 9.17) is 28.0 Å². The van der Waals surface area contributed by atoms with Crippen LogP contribution in [0.15, 0.2) is 0 Å². The molecule has 0 aliphatic heterocycles. The Hall–Kier alpha value is -1.01. The van der Waals surface area contributed by atoms with Crippen molar-refractivity contribution in [3.05, 3.63) is 0 Å². The third-order valence-corrected chi connectivity index (χ3v) is 9.27. The van der Waals surface area contributed by atoms with Crippen LogP contribution in [0.25, 0.3) is 0 Å². The van der Waals surface area contributed by atoms with E-state index in [2.05, 4.69) is 13.8 Å². The number of unbranched alkanes of at least 4 members (excludes halogenated alkanes) is 20. The minimum Gasteiger partial charge on any atom is -0.756 e. The average Bonchev–Trinajstić information content (AvgIpc) is 3.08. The van der Waals surface area contributed by atoms with Gasteiger partial charge in [-0.15, -0.1) is 0 Å². The number of ether oxygens (including phenoxy) is 4. The van der Waals surface area contributed by atoms with Crippen LogP contribution in [0, 0.1) is 0 Å². The quantitative estimate of drug-likeness (QED) is 0.0246. The number of rotatable bonds is 36. The van der Waals surface area contributed by atoms with Crippen LogP contribution in [0.4, 0.5) is 0 Å². The van der Waals surface area contributed by atoms with Crippen LogP contribution in [-0.2, 0) is 51.7 Å². The van der Waals surface area contributed by atoms with E-state index in [-0.39, 0.29) is 49.0 Å². The summed E-state index contributed by atoms with van der Waals surface area (Å²) in [5.41, 5.74) is 0. The Morgan fingerprint density at radius 2 is 0.827 bits per heavy atom. The number of phosphoric acid groups is 1. The molecule has 0 aliphatic rings. The van der Waals surface area contributed by atoms with Crippen molar-refractivity contribution >= 4 is 31.7 Å². The smallest absolute Gasteiger partial charge is 0.756 e. The summed E-state index contributed by atoms with van der Waals surface area (Å²) < 4.78 is 42.8. The van der Waals surface area contributed by atoms with Gasteiger partial charge in [0.25, 0.3) is 7.82 Å². The van der Waals surface area contributed by atoms with E-state index in [1.807, 2.05) is 0 Å². The molecular formula is C38H70NaO12P. The van der Waals surface area contributed by atoms with Crippen molar-refractivity contribution in [3.8, 4) is 0 Å². The molecule has 0 aromatic heterocycles. The molecule has 3 atom stereocenters. The summed E-state index contributed by atoms with van der Waals surface area (Å²) in [6.45, 7) is 4.60. The van der Waals surface area contributed by atoms with Gasteiger partial charge < -0.3 is 32.9 Å². The van der Waals surface area contributed by atoms with E-state index in [1.54, 1.807) is 0 Å². The predicted molar refractivity (Wildman–Crippen MR) is 195 cm³/mol. The molecule has 14 heteroatoms. The molecule has 52 heavy (non-hydrogen) atoms. The van der Waals surface area contributed by atoms with Crippen LogP contribution in [0.1, 0.15) is 182 Å². The largest absolute Gasteiger partial charge is 1.00 e.